The normalized spacial score (nSPS) is 16.5. The number of carbonyl (C=O) groups is 2. The largest absolute Gasteiger partial charge is 0.352 e. The van der Waals surface area contributed by atoms with Gasteiger partial charge in [0, 0.05) is 30.3 Å². The zero-order valence-electron chi connectivity index (χ0n) is 17.7. The van der Waals surface area contributed by atoms with E-state index < -0.39 is 0 Å². The SMILES string of the molecule is N#Cc1c(NC(=O)CCN2CCC(C(=O)NCc3ccccc3)CC2)sc2c1CCC2. The second-order valence-electron chi connectivity index (χ2n) is 8.29. The summed E-state index contributed by atoms with van der Waals surface area (Å²) < 4.78 is 0. The molecule has 0 bridgehead atoms. The minimum Gasteiger partial charge on any atom is -0.352 e. The lowest BCUT2D eigenvalue weighted by atomic mass is 9.95. The highest BCUT2D eigenvalue weighted by molar-refractivity contribution is 7.16. The number of likely N-dealkylation sites (tertiary alicyclic amines) is 1. The predicted octanol–water partition coefficient (Wildman–Crippen LogP) is 3.47. The molecule has 4 rings (SSSR count). The number of hydrogen-bond acceptors (Lipinski definition) is 5. The summed E-state index contributed by atoms with van der Waals surface area (Å²) in [7, 11) is 0. The topological polar surface area (TPSA) is 85.2 Å². The lowest BCUT2D eigenvalue weighted by Crippen LogP contribution is -2.41. The first kappa shape index (κ1) is 21.5. The lowest BCUT2D eigenvalue weighted by molar-refractivity contribution is -0.126. The third-order valence-electron chi connectivity index (χ3n) is 6.21. The summed E-state index contributed by atoms with van der Waals surface area (Å²) in [5.41, 5.74) is 2.90. The maximum atomic E-state index is 12.4. The second-order valence-corrected chi connectivity index (χ2v) is 9.40. The van der Waals surface area contributed by atoms with Crippen LogP contribution in [0.5, 0.6) is 0 Å². The Morgan fingerprint density at radius 2 is 1.94 bits per heavy atom. The number of fused-ring (bicyclic) bond motifs is 1. The van der Waals surface area contributed by atoms with E-state index in [9.17, 15) is 14.9 Å². The quantitative estimate of drug-likeness (QED) is 0.696. The molecule has 31 heavy (non-hydrogen) atoms. The van der Waals surface area contributed by atoms with E-state index in [1.54, 1.807) is 11.3 Å². The number of benzene rings is 1. The van der Waals surface area contributed by atoms with Crippen molar-refractivity contribution in [3.63, 3.8) is 0 Å². The van der Waals surface area contributed by atoms with Gasteiger partial charge in [-0.2, -0.15) is 5.26 Å². The highest BCUT2D eigenvalue weighted by Gasteiger charge is 2.26. The van der Waals surface area contributed by atoms with Gasteiger partial charge in [-0.3, -0.25) is 9.59 Å². The zero-order chi connectivity index (χ0) is 21.6. The number of thiophene rings is 1. The molecule has 1 fully saturated rings. The minimum atomic E-state index is -0.0425. The molecule has 1 aliphatic carbocycles. The molecule has 1 saturated heterocycles. The Bertz CT molecular complexity index is 971. The van der Waals surface area contributed by atoms with Gasteiger partial charge in [-0.05, 0) is 56.3 Å². The molecule has 2 N–H and O–H groups in total. The first-order valence-corrected chi connectivity index (χ1v) is 11.8. The number of nitriles is 1. The van der Waals surface area contributed by atoms with E-state index in [-0.39, 0.29) is 17.7 Å². The van der Waals surface area contributed by atoms with Gasteiger partial charge in [0.25, 0.3) is 0 Å². The first-order valence-electron chi connectivity index (χ1n) is 11.0. The van der Waals surface area contributed by atoms with Crippen LogP contribution < -0.4 is 10.6 Å². The van der Waals surface area contributed by atoms with Crippen molar-refractivity contribution in [2.24, 2.45) is 5.92 Å². The zero-order valence-corrected chi connectivity index (χ0v) is 18.5. The molecule has 0 spiro atoms. The van der Waals surface area contributed by atoms with E-state index in [1.165, 1.54) is 4.88 Å². The number of anilines is 1. The van der Waals surface area contributed by atoms with Gasteiger partial charge in [0.1, 0.15) is 11.1 Å². The minimum absolute atomic E-state index is 0.0421. The van der Waals surface area contributed by atoms with Crippen molar-refractivity contribution < 1.29 is 9.59 Å². The van der Waals surface area contributed by atoms with E-state index >= 15 is 0 Å². The molecular formula is C24H28N4O2S. The number of aryl methyl sites for hydroxylation is 1. The van der Waals surface area contributed by atoms with Crippen LogP contribution in [0.2, 0.25) is 0 Å². The summed E-state index contributed by atoms with van der Waals surface area (Å²) >= 11 is 1.56. The first-order chi connectivity index (χ1) is 15.1. The van der Waals surface area contributed by atoms with Crippen LogP contribution >= 0.6 is 11.3 Å². The average molecular weight is 437 g/mol. The number of nitrogens with zero attached hydrogens (tertiary/aromatic N) is 2. The summed E-state index contributed by atoms with van der Waals surface area (Å²) in [4.78, 5) is 28.4. The monoisotopic (exact) mass is 436 g/mol. The van der Waals surface area contributed by atoms with Crippen molar-refractivity contribution in [3.05, 3.63) is 51.9 Å². The van der Waals surface area contributed by atoms with Crippen molar-refractivity contribution in [1.82, 2.24) is 10.2 Å². The maximum Gasteiger partial charge on any atom is 0.226 e. The molecule has 1 aromatic heterocycles. The fraction of sp³-hybridized carbons (Fsp3) is 0.458. The van der Waals surface area contributed by atoms with Gasteiger partial charge in [0.2, 0.25) is 11.8 Å². The molecule has 0 unspecified atom stereocenters. The summed E-state index contributed by atoms with van der Waals surface area (Å²) in [6.07, 6.45) is 5.09. The molecule has 0 saturated carbocycles. The highest BCUT2D eigenvalue weighted by atomic mass is 32.1. The molecule has 6 nitrogen and oxygen atoms in total. The average Bonchev–Trinajstić information content (AvgIpc) is 3.38. The van der Waals surface area contributed by atoms with Crippen molar-refractivity contribution in [3.8, 4) is 6.07 Å². The lowest BCUT2D eigenvalue weighted by Gasteiger charge is -2.31. The van der Waals surface area contributed by atoms with E-state index in [0.717, 1.165) is 56.3 Å². The third kappa shape index (κ3) is 5.33. The van der Waals surface area contributed by atoms with Gasteiger partial charge < -0.3 is 15.5 Å². The highest BCUT2D eigenvalue weighted by Crippen LogP contribution is 2.38. The summed E-state index contributed by atoms with van der Waals surface area (Å²) in [6, 6.07) is 12.2. The fourth-order valence-corrected chi connectivity index (χ4v) is 5.66. The van der Waals surface area contributed by atoms with Crippen molar-refractivity contribution in [2.45, 2.75) is 45.1 Å². The van der Waals surface area contributed by atoms with Crippen LogP contribution in [0.1, 0.15) is 47.3 Å². The van der Waals surface area contributed by atoms with Gasteiger partial charge in [-0.1, -0.05) is 30.3 Å². The van der Waals surface area contributed by atoms with E-state index in [0.29, 0.717) is 30.1 Å². The van der Waals surface area contributed by atoms with Crippen LogP contribution in [-0.4, -0.2) is 36.3 Å². The van der Waals surface area contributed by atoms with Crippen molar-refractivity contribution in [1.29, 1.82) is 5.26 Å². The van der Waals surface area contributed by atoms with Crippen molar-refractivity contribution >= 4 is 28.2 Å². The Hall–Kier alpha value is -2.69. The Morgan fingerprint density at radius 1 is 1.16 bits per heavy atom. The number of nitrogens with one attached hydrogen (secondary N) is 2. The van der Waals surface area contributed by atoms with E-state index in [1.807, 2.05) is 30.3 Å². The van der Waals surface area contributed by atoms with Crippen LogP contribution in [0.15, 0.2) is 30.3 Å². The van der Waals surface area contributed by atoms with Crippen molar-refractivity contribution in [2.75, 3.05) is 25.0 Å². The molecule has 0 atom stereocenters. The molecule has 2 amide bonds. The molecular weight excluding hydrogens is 408 g/mol. The summed E-state index contributed by atoms with van der Waals surface area (Å²) in [5.74, 6) is 0.121. The fourth-order valence-electron chi connectivity index (χ4n) is 4.41. The van der Waals surface area contributed by atoms with Crippen LogP contribution in [0, 0.1) is 17.2 Å². The van der Waals surface area contributed by atoms with E-state index in [2.05, 4.69) is 21.6 Å². The predicted molar refractivity (Wildman–Crippen MR) is 122 cm³/mol. The molecule has 7 heteroatoms. The Labute approximate surface area is 187 Å². The third-order valence-corrected chi connectivity index (χ3v) is 7.42. The van der Waals surface area contributed by atoms with Crippen LogP contribution in [-0.2, 0) is 29.0 Å². The van der Waals surface area contributed by atoms with Gasteiger partial charge in [0.15, 0.2) is 0 Å². The second kappa shape index (κ2) is 10.1. The molecule has 2 aliphatic rings. The number of piperidine rings is 1. The Balaban J connectivity index is 1.18. The number of rotatable bonds is 7. The summed E-state index contributed by atoms with van der Waals surface area (Å²) in [5, 5.41) is 16.2. The molecule has 2 heterocycles. The molecule has 2 aromatic rings. The Morgan fingerprint density at radius 3 is 2.68 bits per heavy atom. The Kier molecular flexibility index (Phi) is 7.00. The number of amides is 2. The standard InChI is InChI=1S/C24H28N4O2S/c25-15-20-19-7-4-8-21(19)31-24(20)27-22(29)11-14-28-12-9-18(10-13-28)23(30)26-16-17-5-2-1-3-6-17/h1-3,5-6,18H,4,7-14,16H2,(H,26,30)(H,27,29). The smallest absolute Gasteiger partial charge is 0.226 e. The van der Waals surface area contributed by atoms with Gasteiger partial charge in [0.05, 0.1) is 5.56 Å². The number of carbonyl (C=O) groups excluding carboxylic acids is 2. The molecule has 162 valence electrons. The van der Waals surface area contributed by atoms with Crippen LogP contribution in [0.4, 0.5) is 5.00 Å². The molecule has 1 aromatic carbocycles. The summed E-state index contributed by atoms with van der Waals surface area (Å²) in [6.45, 7) is 2.90. The number of hydrogen-bond donors (Lipinski definition) is 2. The van der Waals surface area contributed by atoms with E-state index in [4.69, 9.17) is 0 Å². The molecule has 0 radical (unpaired) electrons. The maximum absolute atomic E-state index is 12.4. The molecule has 1 aliphatic heterocycles. The van der Waals surface area contributed by atoms with Gasteiger partial charge >= 0.3 is 0 Å². The van der Waals surface area contributed by atoms with Gasteiger partial charge in [-0.15, -0.1) is 11.3 Å². The van der Waals surface area contributed by atoms with Crippen LogP contribution in [0.3, 0.4) is 0 Å². The van der Waals surface area contributed by atoms with Crippen LogP contribution in [0.25, 0.3) is 0 Å². The van der Waals surface area contributed by atoms with Gasteiger partial charge in [-0.25, -0.2) is 0 Å².